The van der Waals surface area contributed by atoms with Crippen molar-refractivity contribution < 1.29 is 0 Å². The monoisotopic (exact) mass is 218 g/mol. The normalized spacial score (nSPS) is 31.9. The number of hydrogen-bond acceptors (Lipinski definition) is 4. The van der Waals surface area contributed by atoms with Gasteiger partial charge in [-0.3, -0.25) is 0 Å². The second-order valence-corrected chi connectivity index (χ2v) is 5.14. The van der Waals surface area contributed by atoms with Crippen molar-refractivity contribution >= 4 is 11.6 Å². The zero-order valence-electron chi connectivity index (χ0n) is 9.39. The lowest BCUT2D eigenvalue weighted by molar-refractivity contribution is 0.348. The Hall–Kier alpha value is -1.32. The van der Waals surface area contributed by atoms with Crippen molar-refractivity contribution in [2.75, 3.05) is 17.6 Å². The number of nitrogens with one attached hydrogen (secondary N) is 1. The van der Waals surface area contributed by atoms with Crippen LogP contribution >= 0.6 is 0 Å². The van der Waals surface area contributed by atoms with E-state index in [1.807, 2.05) is 0 Å². The van der Waals surface area contributed by atoms with Gasteiger partial charge in [0.2, 0.25) is 0 Å². The van der Waals surface area contributed by atoms with Crippen LogP contribution in [0.25, 0.3) is 0 Å². The van der Waals surface area contributed by atoms with E-state index in [2.05, 4.69) is 15.3 Å². The molecule has 2 aliphatic rings. The predicted molar refractivity (Wildman–Crippen MR) is 63.9 cm³/mol. The second-order valence-electron chi connectivity index (χ2n) is 5.14. The molecule has 3 unspecified atom stereocenters. The summed E-state index contributed by atoms with van der Waals surface area (Å²) in [6.07, 6.45) is 9.07. The zero-order chi connectivity index (χ0) is 11.0. The molecule has 4 heteroatoms. The molecule has 2 bridgehead atoms. The van der Waals surface area contributed by atoms with E-state index in [9.17, 15) is 0 Å². The van der Waals surface area contributed by atoms with Crippen LogP contribution < -0.4 is 11.1 Å². The maximum Gasteiger partial charge on any atom is 0.144 e. The van der Waals surface area contributed by atoms with Crippen molar-refractivity contribution in [3.63, 3.8) is 0 Å². The molecule has 86 valence electrons. The van der Waals surface area contributed by atoms with Gasteiger partial charge in [0.05, 0.1) is 12.4 Å². The van der Waals surface area contributed by atoms with Crippen LogP contribution in [0.3, 0.4) is 0 Å². The molecule has 4 nitrogen and oxygen atoms in total. The number of aromatic nitrogens is 2. The van der Waals surface area contributed by atoms with Gasteiger partial charge in [0.1, 0.15) is 11.6 Å². The maximum absolute atomic E-state index is 5.49. The Morgan fingerprint density at radius 2 is 2.19 bits per heavy atom. The summed E-state index contributed by atoms with van der Waals surface area (Å²) < 4.78 is 0. The van der Waals surface area contributed by atoms with Gasteiger partial charge in [-0.2, -0.15) is 0 Å². The van der Waals surface area contributed by atoms with E-state index in [0.29, 0.717) is 5.82 Å². The minimum Gasteiger partial charge on any atom is -0.382 e. The van der Waals surface area contributed by atoms with Gasteiger partial charge in [-0.1, -0.05) is 6.42 Å². The molecule has 3 rings (SSSR count). The molecular weight excluding hydrogens is 200 g/mol. The van der Waals surface area contributed by atoms with Crippen LogP contribution in [0.4, 0.5) is 11.6 Å². The molecule has 2 fully saturated rings. The number of nitrogens with two attached hydrogens (primary N) is 1. The third-order valence-corrected chi connectivity index (χ3v) is 4.10. The summed E-state index contributed by atoms with van der Waals surface area (Å²) in [6, 6.07) is 0. The molecule has 2 saturated carbocycles. The first-order valence-corrected chi connectivity index (χ1v) is 6.12. The van der Waals surface area contributed by atoms with Crippen molar-refractivity contribution in [1.29, 1.82) is 0 Å². The predicted octanol–water partition coefficient (Wildman–Crippen LogP) is 1.91. The first-order valence-electron chi connectivity index (χ1n) is 6.12. The van der Waals surface area contributed by atoms with Crippen LogP contribution in [0.2, 0.25) is 0 Å². The topological polar surface area (TPSA) is 63.8 Å². The molecule has 3 atom stereocenters. The third kappa shape index (κ3) is 1.84. The average molecular weight is 218 g/mol. The van der Waals surface area contributed by atoms with E-state index in [0.717, 1.165) is 30.1 Å². The molecule has 0 radical (unpaired) electrons. The lowest BCUT2D eigenvalue weighted by Gasteiger charge is -2.21. The molecule has 1 heterocycles. The Bertz CT molecular complexity index is 362. The fourth-order valence-electron chi connectivity index (χ4n) is 3.29. The molecule has 0 aliphatic heterocycles. The first kappa shape index (κ1) is 9.87. The van der Waals surface area contributed by atoms with E-state index in [1.54, 1.807) is 12.4 Å². The van der Waals surface area contributed by atoms with E-state index >= 15 is 0 Å². The van der Waals surface area contributed by atoms with Crippen LogP contribution in [-0.2, 0) is 0 Å². The molecule has 0 spiro atoms. The Morgan fingerprint density at radius 1 is 1.25 bits per heavy atom. The minimum atomic E-state index is 0.477. The van der Waals surface area contributed by atoms with Gasteiger partial charge in [-0.15, -0.1) is 0 Å². The van der Waals surface area contributed by atoms with Gasteiger partial charge in [0.15, 0.2) is 0 Å². The molecular formula is C12H18N4. The van der Waals surface area contributed by atoms with Gasteiger partial charge < -0.3 is 11.1 Å². The quantitative estimate of drug-likeness (QED) is 0.813. The van der Waals surface area contributed by atoms with Gasteiger partial charge in [-0.25, -0.2) is 9.97 Å². The van der Waals surface area contributed by atoms with Crippen LogP contribution in [0.1, 0.15) is 25.7 Å². The Morgan fingerprint density at radius 3 is 2.81 bits per heavy atom. The minimum absolute atomic E-state index is 0.477. The number of anilines is 2. The third-order valence-electron chi connectivity index (χ3n) is 4.10. The average Bonchev–Trinajstić information content (AvgIpc) is 2.90. The van der Waals surface area contributed by atoms with Crippen LogP contribution in [-0.4, -0.2) is 16.5 Å². The van der Waals surface area contributed by atoms with Crippen molar-refractivity contribution in [1.82, 2.24) is 9.97 Å². The molecule has 3 N–H and O–H groups in total. The highest BCUT2D eigenvalue weighted by Gasteiger charge is 2.38. The summed E-state index contributed by atoms with van der Waals surface area (Å²) >= 11 is 0. The molecule has 0 amide bonds. The molecule has 2 aliphatic carbocycles. The van der Waals surface area contributed by atoms with Crippen LogP contribution in [0.5, 0.6) is 0 Å². The van der Waals surface area contributed by atoms with Gasteiger partial charge in [0.25, 0.3) is 0 Å². The maximum atomic E-state index is 5.49. The molecule has 16 heavy (non-hydrogen) atoms. The Kier molecular flexibility index (Phi) is 2.42. The van der Waals surface area contributed by atoms with Crippen molar-refractivity contribution in [2.45, 2.75) is 25.7 Å². The fourth-order valence-corrected chi connectivity index (χ4v) is 3.29. The summed E-state index contributed by atoms with van der Waals surface area (Å²) in [5.74, 6) is 4.13. The first-order chi connectivity index (χ1) is 7.81. The number of rotatable bonds is 3. The second kappa shape index (κ2) is 3.92. The Labute approximate surface area is 95.7 Å². The number of fused-ring (bicyclic) bond motifs is 2. The van der Waals surface area contributed by atoms with Crippen LogP contribution in [0, 0.1) is 17.8 Å². The van der Waals surface area contributed by atoms with Gasteiger partial charge in [-0.05, 0) is 37.0 Å². The smallest absolute Gasteiger partial charge is 0.144 e. The number of nitrogens with zero attached hydrogens (tertiary/aromatic N) is 2. The van der Waals surface area contributed by atoms with E-state index < -0.39 is 0 Å². The van der Waals surface area contributed by atoms with E-state index in [-0.39, 0.29) is 0 Å². The lowest BCUT2D eigenvalue weighted by atomic mass is 9.89. The summed E-state index contributed by atoms with van der Waals surface area (Å²) in [5, 5.41) is 3.37. The van der Waals surface area contributed by atoms with E-state index in [1.165, 1.54) is 25.7 Å². The van der Waals surface area contributed by atoms with Gasteiger partial charge in [0, 0.05) is 6.54 Å². The number of nitrogen functional groups attached to an aromatic ring is 1. The fraction of sp³-hybridized carbons (Fsp3) is 0.667. The summed E-state index contributed by atoms with van der Waals surface area (Å²) in [4.78, 5) is 8.23. The summed E-state index contributed by atoms with van der Waals surface area (Å²) in [6.45, 7) is 1.04. The van der Waals surface area contributed by atoms with Gasteiger partial charge >= 0.3 is 0 Å². The molecule has 1 aromatic rings. The number of hydrogen-bond donors (Lipinski definition) is 2. The molecule has 1 aromatic heterocycles. The van der Waals surface area contributed by atoms with Crippen molar-refractivity contribution in [3.05, 3.63) is 12.4 Å². The van der Waals surface area contributed by atoms with Crippen molar-refractivity contribution in [2.24, 2.45) is 17.8 Å². The lowest BCUT2D eigenvalue weighted by Crippen LogP contribution is -2.20. The largest absolute Gasteiger partial charge is 0.382 e. The highest BCUT2D eigenvalue weighted by atomic mass is 15.0. The van der Waals surface area contributed by atoms with Crippen molar-refractivity contribution in [3.8, 4) is 0 Å². The SMILES string of the molecule is Nc1cnc(NCC2CC3CCC2C3)cn1. The summed E-state index contributed by atoms with van der Waals surface area (Å²) in [7, 11) is 0. The molecule has 0 aromatic carbocycles. The standard InChI is InChI=1S/C12H18N4/c13-11-6-16-12(7-14-11)15-5-10-4-8-1-2-9(10)3-8/h6-10H,1-5H2,(H2,13,14)(H,15,16). The zero-order valence-corrected chi connectivity index (χ0v) is 9.39. The Balaban J connectivity index is 1.55. The summed E-state index contributed by atoms with van der Waals surface area (Å²) in [5.41, 5.74) is 5.49. The van der Waals surface area contributed by atoms with E-state index in [4.69, 9.17) is 5.73 Å². The highest BCUT2D eigenvalue weighted by molar-refractivity contribution is 5.35. The van der Waals surface area contributed by atoms with Crippen LogP contribution in [0.15, 0.2) is 12.4 Å². The highest BCUT2D eigenvalue weighted by Crippen LogP contribution is 2.48. The molecule has 0 saturated heterocycles.